The molecule has 0 spiro atoms. The summed E-state index contributed by atoms with van der Waals surface area (Å²) in [6.45, 7) is 6.19. The van der Waals surface area contributed by atoms with Crippen LogP contribution in [0.2, 0.25) is 0 Å². The number of hydrogen-bond donors (Lipinski definition) is 0. The van der Waals surface area contributed by atoms with Crippen LogP contribution < -0.4 is 0 Å². The molecule has 0 radical (unpaired) electrons. The van der Waals surface area contributed by atoms with E-state index in [0.29, 0.717) is 25.3 Å². The molecule has 138 valence electrons. The van der Waals surface area contributed by atoms with Crippen LogP contribution in [-0.2, 0) is 11.3 Å². The molecule has 2 aliphatic rings. The monoisotopic (exact) mass is 347 g/mol. The van der Waals surface area contributed by atoms with Gasteiger partial charge in [0.1, 0.15) is 11.8 Å². The molecular weight excluding hydrogens is 318 g/mol. The van der Waals surface area contributed by atoms with Crippen molar-refractivity contribution >= 4 is 11.8 Å². The second-order valence-corrected chi connectivity index (χ2v) is 7.17. The Morgan fingerprint density at radius 1 is 1.20 bits per heavy atom. The van der Waals surface area contributed by atoms with Gasteiger partial charge in [-0.1, -0.05) is 19.8 Å². The predicted octanol–water partition coefficient (Wildman–Crippen LogP) is 2.35. The van der Waals surface area contributed by atoms with E-state index in [9.17, 15) is 9.59 Å². The highest BCUT2D eigenvalue weighted by Gasteiger charge is 2.36. The summed E-state index contributed by atoms with van der Waals surface area (Å²) in [4.78, 5) is 31.2. The highest BCUT2D eigenvalue weighted by Crippen LogP contribution is 2.21. The molecular formula is C19H29N3O3. The van der Waals surface area contributed by atoms with Gasteiger partial charge in [0.15, 0.2) is 5.76 Å². The van der Waals surface area contributed by atoms with Crippen molar-refractivity contribution in [3.8, 4) is 0 Å². The Morgan fingerprint density at radius 2 is 1.96 bits per heavy atom. The minimum Gasteiger partial charge on any atom is -0.455 e. The number of rotatable bonds is 6. The summed E-state index contributed by atoms with van der Waals surface area (Å²) < 4.78 is 5.82. The molecule has 6 nitrogen and oxygen atoms in total. The molecule has 2 aliphatic heterocycles. The van der Waals surface area contributed by atoms with E-state index < -0.39 is 0 Å². The third-order valence-corrected chi connectivity index (χ3v) is 5.26. The number of carbonyl (C=O) groups is 2. The van der Waals surface area contributed by atoms with E-state index >= 15 is 0 Å². The van der Waals surface area contributed by atoms with E-state index in [1.165, 1.54) is 12.8 Å². The Hall–Kier alpha value is -1.82. The first kappa shape index (κ1) is 18.0. The molecule has 0 aromatic carbocycles. The topological polar surface area (TPSA) is 57.0 Å². The van der Waals surface area contributed by atoms with E-state index in [-0.39, 0.29) is 17.9 Å². The van der Waals surface area contributed by atoms with Crippen molar-refractivity contribution in [3.63, 3.8) is 0 Å². The van der Waals surface area contributed by atoms with Crippen LogP contribution in [-0.4, -0.2) is 65.8 Å². The minimum absolute atomic E-state index is 0.0388. The Balaban J connectivity index is 1.69. The summed E-state index contributed by atoms with van der Waals surface area (Å²) >= 11 is 0. The van der Waals surface area contributed by atoms with Gasteiger partial charge < -0.3 is 14.2 Å². The van der Waals surface area contributed by atoms with Crippen LogP contribution in [0.3, 0.4) is 0 Å². The largest absolute Gasteiger partial charge is 0.455 e. The maximum atomic E-state index is 12.9. The minimum atomic E-state index is -0.363. The number of hydrogen-bond acceptors (Lipinski definition) is 4. The molecule has 25 heavy (non-hydrogen) atoms. The number of nitrogens with zero attached hydrogens (tertiary/aromatic N) is 3. The molecule has 0 aliphatic carbocycles. The number of carbonyl (C=O) groups excluding carboxylic acids is 2. The SMILES string of the molecule is CCCC[C@@H]1C(=O)N(C)CCN1C(=O)c1ccc(CN2CCCC2)o1. The molecule has 1 aromatic heterocycles. The van der Waals surface area contributed by atoms with Crippen LogP contribution >= 0.6 is 0 Å². The standard InChI is InChI=1S/C19H29N3O3/c1-3-4-7-16-18(23)20(2)12-13-22(16)19(24)17-9-8-15(25-17)14-21-10-5-6-11-21/h8-9,16H,3-7,10-14H2,1-2H3/t16-/m1/s1. The molecule has 3 heterocycles. The lowest BCUT2D eigenvalue weighted by molar-refractivity contribution is -0.138. The maximum absolute atomic E-state index is 12.9. The molecule has 0 unspecified atom stereocenters. The van der Waals surface area contributed by atoms with Gasteiger partial charge in [0.05, 0.1) is 6.54 Å². The lowest BCUT2D eigenvalue weighted by Crippen LogP contribution is -2.57. The lowest BCUT2D eigenvalue weighted by Gasteiger charge is -2.38. The normalized spacial score (nSPS) is 22.0. The van der Waals surface area contributed by atoms with Crippen molar-refractivity contribution in [3.05, 3.63) is 23.7 Å². The lowest BCUT2D eigenvalue weighted by atomic mass is 10.0. The summed E-state index contributed by atoms with van der Waals surface area (Å²) in [7, 11) is 1.81. The van der Waals surface area contributed by atoms with Gasteiger partial charge in [-0.25, -0.2) is 0 Å². The van der Waals surface area contributed by atoms with Crippen LogP contribution in [0.4, 0.5) is 0 Å². The van der Waals surface area contributed by atoms with E-state index in [4.69, 9.17) is 4.42 Å². The molecule has 1 aromatic rings. The molecule has 0 N–H and O–H groups in total. The van der Waals surface area contributed by atoms with E-state index in [2.05, 4.69) is 11.8 Å². The zero-order chi connectivity index (χ0) is 17.8. The van der Waals surface area contributed by atoms with Gasteiger partial charge >= 0.3 is 0 Å². The van der Waals surface area contributed by atoms with Crippen LogP contribution in [0.15, 0.2) is 16.5 Å². The highest BCUT2D eigenvalue weighted by molar-refractivity contribution is 5.96. The molecule has 2 fully saturated rings. The van der Waals surface area contributed by atoms with Gasteiger partial charge in [-0.2, -0.15) is 0 Å². The van der Waals surface area contributed by atoms with Gasteiger partial charge in [-0.3, -0.25) is 14.5 Å². The van der Waals surface area contributed by atoms with Gasteiger partial charge in [0.25, 0.3) is 5.91 Å². The molecule has 3 rings (SSSR count). The first-order valence-corrected chi connectivity index (χ1v) is 9.47. The van der Waals surface area contributed by atoms with Crippen molar-refractivity contribution in [1.82, 2.24) is 14.7 Å². The van der Waals surface area contributed by atoms with E-state index in [1.54, 1.807) is 15.9 Å². The zero-order valence-corrected chi connectivity index (χ0v) is 15.4. The second kappa shape index (κ2) is 8.04. The third-order valence-electron chi connectivity index (χ3n) is 5.26. The predicted molar refractivity (Wildman–Crippen MR) is 95.2 cm³/mol. The van der Waals surface area contributed by atoms with Crippen LogP contribution in [0, 0.1) is 0 Å². The van der Waals surface area contributed by atoms with Gasteiger partial charge in [0, 0.05) is 20.1 Å². The van der Waals surface area contributed by atoms with E-state index in [0.717, 1.165) is 38.2 Å². The molecule has 6 heteroatoms. The number of likely N-dealkylation sites (tertiary alicyclic amines) is 1. The van der Waals surface area contributed by atoms with Gasteiger partial charge in [-0.15, -0.1) is 0 Å². The first-order valence-electron chi connectivity index (χ1n) is 9.47. The van der Waals surface area contributed by atoms with Crippen molar-refractivity contribution in [2.45, 2.75) is 51.6 Å². The summed E-state index contributed by atoms with van der Waals surface area (Å²) in [5.41, 5.74) is 0. The summed E-state index contributed by atoms with van der Waals surface area (Å²) in [6.07, 6.45) is 5.12. The number of unbranched alkanes of at least 4 members (excludes halogenated alkanes) is 1. The fourth-order valence-corrected chi connectivity index (χ4v) is 3.71. The smallest absolute Gasteiger partial charge is 0.290 e. The number of likely N-dealkylation sites (N-methyl/N-ethyl adjacent to an activating group) is 1. The fraction of sp³-hybridized carbons (Fsp3) is 0.684. The van der Waals surface area contributed by atoms with E-state index in [1.807, 2.05) is 13.1 Å². The first-order chi connectivity index (χ1) is 12.1. The summed E-state index contributed by atoms with van der Waals surface area (Å²) in [6, 6.07) is 3.29. The van der Waals surface area contributed by atoms with Gasteiger partial charge in [0.2, 0.25) is 5.91 Å². The number of amides is 2. The maximum Gasteiger partial charge on any atom is 0.290 e. The van der Waals surface area contributed by atoms with Gasteiger partial charge in [-0.05, 0) is 44.5 Å². The third kappa shape index (κ3) is 4.06. The second-order valence-electron chi connectivity index (χ2n) is 7.17. The average Bonchev–Trinajstić information content (AvgIpc) is 3.28. The Bertz CT molecular complexity index is 607. The van der Waals surface area contributed by atoms with Crippen LogP contribution in [0.25, 0.3) is 0 Å². The Kier molecular flexibility index (Phi) is 5.78. The summed E-state index contributed by atoms with van der Waals surface area (Å²) in [5.74, 6) is 1.07. The van der Waals surface area contributed by atoms with Crippen molar-refractivity contribution in [2.24, 2.45) is 0 Å². The van der Waals surface area contributed by atoms with Crippen molar-refractivity contribution in [1.29, 1.82) is 0 Å². The van der Waals surface area contributed by atoms with Crippen molar-refractivity contribution in [2.75, 3.05) is 33.2 Å². The fourth-order valence-electron chi connectivity index (χ4n) is 3.71. The molecule has 1 atom stereocenters. The van der Waals surface area contributed by atoms with Crippen molar-refractivity contribution < 1.29 is 14.0 Å². The Morgan fingerprint density at radius 3 is 2.68 bits per heavy atom. The number of piperazine rings is 1. The molecule has 0 saturated carbocycles. The highest BCUT2D eigenvalue weighted by atomic mass is 16.4. The average molecular weight is 347 g/mol. The quantitative estimate of drug-likeness (QED) is 0.793. The zero-order valence-electron chi connectivity index (χ0n) is 15.4. The van der Waals surface area contributed by atoms with Crippen LogP contribution in [0.5, 0.6) is 0 Å². The molecule has 0 bridgehead atoms. The number of furan rings is 1. The Labute approximate surface area is 149 Å². The molecule has 2 amide bonds. The summed E-state index contributed by atoms with van der Waals surface area (Å²) in [5, 5.41) is 0. The van der Waals surface area contributed by atoms with Crippen LogP contribution in [0.1, 0.15) is 55.3 Å². The molecule has 2 saturated heterocycles.